The summed E-state index contributed by atoms with van der Waals surface area (Å²) in [6, 6.07) is 0.0961. The standard InChI is InChI=1S/C16H28N2O3/c19-15(17-11-16(20)8-2-1-3-9-16)18-13-5-4-6-14-12(13)7-10-21-14/h12-14,20H,1-11H2,(H2,17,18,19). The van der Waals surface area contributed by atoms with Gasteiger partial charge in [0.05, 0.1) is 11.7 Å². The molecule has 0 aromatic heterocycles. The lowest BCUT2D eigenvalue weighted by molar-refractivity contribution is 0.00681. The Morgan fingerprint density at radius 1 is 1.14 bits per heavy atom. The first kappa shape index (κ1) is 15.1. The van der Waals surface area contributed by atoms with Crippen molar-refractivity contribution in [2.45, 2.75) is 75.5 Å². The minimum atomic E-state index is -0.693. The van der Waals surface area contributed by atoms with Crippen LogP contribution < -0.4 is 10.6 Å². The van der Waals surface area contributed by atoms with Gasteiger partial charge in [0.2, 0.25) is 0 Å². The maximum Gasteiger partial charge on any atom is 0.315 e. The van der Waals surface area contributed by atoms with Crippen LogP contribution in [0.3, 0.4) is 0 Å². The summed E-state index contributed by atoms with van der Waals surface area (Å²) < 4.78 is 5.73. The summed E-state index contributed by atoms with van der Waals surface area (Å²) in [5, 5.41) is 16.4. The van der Waals surface area contributed by atoms with Crippen LogP contribution in [0.1, 0.15) is 57.8 Å². The quantitative estimate of drug-likeness (QED) is 0.745. The fourth-order valence-corrected chi connectivity index (χ4v) is 4.21. The Bertz CT molecular complexity index is 369. The average molecular weight is 296 g/mol. The number of amides is 2. The van der Waals surface area contributed by atoms with Crippen molar-refractivity contribution in [3.05, 3.63) is 0 Å². The van der Waals surface area contributed by atoms with Gasteiger partial charge in [-0.15, -0.1) is 0 Å². The van der Waals surface area contributed by atoms with E-state index in [9.17, 15) is 9.90 Å². The van der Waals surface area contributed by atoms with Crippen LogP contribution in [-0.2, 0) is 4.74 Å². The highest BCUT2D eigenvalue weighted by Gasteiger charge is 2.38. The van der Waals surface area contributed by atoms with Gasteiger partial charge in [0.25, 0.3) is 0 Å². The molecule has 2 amide bonds. The summed E-state index contributed by atoms with van der Waals surface area (Å²) in [5.74, 6) is 0.474. The predicted octanol–water partition coefficient (Wildman–Crippen LogP) is 1.94. The smallest absolute Gasteiger partial charge is 0.315 e. The summed E-state index contributed by atoms with van der Waals surface area (Å²) in [5.41, 5.74) is -0.693. The zero-order valence-electron chi connectivity index (χ0n) is 12.8. The molecule has 2 aliphatic carbocycles. The Balaban J connectivity index is 1.45. The number of aliphatic hydroxyl groups is 1. The van der Waals surface area contributed by atoms with Gasteiger partial charge in [-0.3, -0.25) is 0 Å². The van der Waals surface area contributed by atoms with Gasteiger partial charge >= 0.3 is 6.03 Å². The molecule has 5 nitrogen and oxygen atoms in total. The maximum absolute atomic E-state index is 12.1. The number of rotatable bonds is 3. The molecule has 3 fully saturated rings. The van der Waals surface area contributed by atoms with E-state index in [1.54, 1.807) is 0 Å². The van der Waals surface area contributed by atoms with Gasteiger partial charge in [-0.1, -0.05) is 19.3 Å². The van der Waals surface area contributed by atoms with Crippen molar-refractivity contribution >= 4 is 6.03 Å². The van der Waals surface area contributed by atoms with Gasteiger partial charge in [-0.25, -0.2) is 4.79 Å². The van der Waals surface area contributed by atoms with E-state index < -0.39 is 5.60 Å². The second-order valence-electron chi connectivity index (χ2n) is 7.01. The fraction of sp³-hybridized carbons (Fsp3) is 0.938. The van der Waals surface area contributed by atoms with Gasteiger partial charge in [-0.05, 0) is 38.5 Å². The summed E-state index contributed by atoms with van der Waals surface area (Å²) in [4.78, 5) is 12.1. The maximum atomic E-state index is 12.1. The van der Waals surface area contributed by atoms with Crippen LogP contribution in [-0.4, -0.2) is 42.0 Å². The van der Waals surface area contributed by atoms with E-state index in [1.807, 2.05) is 0 Å². The molecule has 120 valence electrons. The molecule has 3 unspecified atom stereocenters. The van der Waals surface area contributed by atoms with Gasteiger partial charge in [0, 0.05) is 25.1 Å². The number of nitrogens with one attached hydrogen (secondary N) is 2. The molecule has 5 heteroatoms. The number of carbonyl (C=O) groups is 1. The van der Waals surface area contributed by atoms with Crippen molar-refractivity contribution in [2.24, 2.45) is 5.92 Å². The number of carbonyl (C=O) groups excluding carboxylic acids is 1. The average Bonchev–Trinajstić information content (AvgIpc) is 2.96. The molecule has 1 aliphatic heterocycles. The van der Waals surface area contributed by atoms with Gasteiger partial charge in [0.1, 0.15) is 0 Å². The van der Waals surface area contributed by atoms with Gasteiger partial charge in [0.15, 0.2) is 0 Å². The van der Waals surface area contributed by atoms with E-state index in [0.29, 0.717) is 18.6 Å². The zero-order valence-corrected chi connectivity index (χ0v) is 12.8. The molecule has 1 saturated heterocycles. The zero-order chi connectivity index (χ0) is 14.7. The third-order valence-corrected chi connectivity index (χ3v) is 5.46. The highest BCUT2D eigenvalue weighted by atomic mass is 16.5. The Morgan fingerprint density at radius 3 is 2.76 bits per heavy atom. The van der Waals surface area contributed by atoms with Crippen LogP contribution in [0.5, 0.6) is 0 Å². The molecule has 1 heterocycles. The van der Waals surface area contributed by atoms with E-state index in [1.165, 1.54) is 6.42 Å². The first-order chi connectivity index (χ1) is 10.2. The van der Waals surface area contributed by atoms with Crippen molar-refractivity contribution < 1.29 is 14.6 Å². The number of hydrogen-bond acceptors (Lipinski definition) is 3. The van der Waals surface area contributed by atoms with Crippen molar-refractivity contribution in [3.63, 3.8) is 0 Å². The SMILES string of the molecule is O=C(NCC1(O)CCCCC1)NC1CCCC2OCCC12. The molecule has 21 heavy (non-hydrogen) atoms. The predicted molar refractivity (Wildman–Crippen MR) is 80.1 cm³/mol. The van der Waals surface area contributed by atoms with Crippen LogP contribution >= 0.6 is 0 Å². The Kier molecular flexibility index (Phi) is 4.69. The molecule has 0 spiro atoms. The second kappa shape index (κ2) is 6.53. The van der Waals surface area contributed by atoms with Crippen LogP contribution in [0, 0.1) is 5.92 Å². The normalized spacial score (nSPS) is 35.0. The molecule has 3 atom stereocenters. The molecular formula is C16H28N2O3. The van der Waals surface area contributed by atoms with E-state index in [4.69, 9.17) is 4.74 Å². The third kappa shape index (κ3) is 3.69. The second-order valence-corrected chi connectivity index (χ2v) is 7.01. The number of fused-ring (bicyclic) bond motifs is 1. The molecule has 2 saturated carbocycles. The number of hydrogen-bond donors (Lipinski definition) is 3. The highest BCUT2D eigenvalue weighted by molar-refractivity contribution is 5.74. The molecule has 0 aromatic rings. The highest BCUT2D eigenvalue weighted by Crippen LogP contribution is 2.34. The first-order valence-electron chi connectivity index (χ1n) is 8.55. The summed E-state index contributed by atoms with van der Waals surface area (Å²) in [7, 11) is 0. The first-order valence-corrected chi connectivity index (χ1v) is 8.55. The largest absolute Gasteiger partial charge is 0.388 e. The van der Waals surface area contributed by atoms with Gasteiger partial charge < -0.3 is 20.5 Å². The van der Waals surface area contributed by atoms with Crippen LogP contribution in [0.15, 0.2) is 0 Å². The van der Waals surface area contributed by atoms with Gasteiger partial charge in [-0.2, -0.15) is 0 Å². The number of ether oxygens (including phenoxy) is 1. The van der Waals surface area contributed by atoms with E-state index in [-0.39, 0.29) is 12.1 Å². The Hall–Kier alpha value is -0.810. The Labute approximate surface area is 126 Å². The van der Waals surface area contributed by atoms with Crippen molar-refractivity contribution in [3.8, 4) is 0 Å². The molecule has 0 aromatic carbocycles. The van der Waals surface area contributed by atoms with E-state index in [0.717, 1.165) is 58.0 Å². The summed E-state index contributed by atoms with van der Waals surface area (Å²) >= 11 is 0. The lowest BCUT2D eigenvalue weighted by atomic mass is 9.82. The van der Waals surface area contributed by atoms with Crippen LogP contribution in [0.25, 0.3) is 0 Å². The topological polar surface area (TPSA) is 70.6 Å². The molecule has 3 aliphatic rings. The van der Waals surface area contributed by atoms with Crippen molar-refractivity contribution in [2.75, 3.05) is 13.2 Å². The minimum absolute atomic E-state index is 0.133. The molecular weight excluding hydrogens is 268 g/mol. The van der Waals surface area contributed by atoms with Crippen molar-refractivity contribution in [1.82, 2.24) is 10.6 Å². The molecule has 3 rings (SSSR count). The fourth-order valence-electron chi connectivity index (χ4n) is 4.21. The van der Waals surface area contributed by atoms with E-state index in [2.05, 4.69) is 10.6 Å². The molecule has 3 N–H and O–H groups in total. The minimum Gasteiger partial charge on any atom is -0.388 e. The third-order valence-electron chi connectivity index (χ3n) is 5.46. The van der Waals surface area contributed by atoms with Crippen molar-refractivity contribution in [1.29, 1.82) is 0 Å². The lowest BCUT2D eigenvalue weighted by Gasteiger charge is -2.34. The number of urea groups is 1. The van der Waals surface area contributed by atoms with Crippen LogP contribution in [0.2, 0.25) is 0 Å². The monoisotopic (exact) mass is 296 g/mol. The molecule has 0 bridgehead atoms. The lowest BCUT2D eigenvalue weighted by Crippen LogP contribution is -2.52. The Morgan fingerprint density at radius 2 is 1.95 bits per heavy atom. The molecule has 0 radical (unpaired) electrons. The van der Waals surface area contributed by atoms with E-state index >= 15 is 0 Å². The van der Waals surface area contributed by atoms with Crippen LogP contribution in [0.4, 0.5) is 4.79 Å². The summed E-state index contributed by atoms with van der Waals surface area (Å²) in [6.07, 6.45) is 9.60. The summed E-state index contributed by atoms with van der Waals surface area (Å²) in [6.45, 7) is 1.20.